The number of thiophene rings is 1. The highest BCUT2D eigenvalue weighted by atomic mass is 32.1. The summed E-state index contributed by atoms with van der Waals surface area (Å²) in [5.74, 6) is -1.30. The molecule has 6 heteroatoms. The third-order valence-corrected chi connectivity index (χ3v) is 4.66. The van der Waals surface area contributed by atoms with E-state index in [0.29, 0.717) is 0 Å². The molecule has 1 fully saturated rings. The Bertz CT molecular complexity index is 465. The van der Waals surface area contributed by atoms with Crippen LogP contribution in [-0.4, -0.2) is 29.5 Å². The maximum Gasteiger partial charge on any atom is 0.309 e. The Morgan fingerprint density at radius 2 is 2.10 bits per heavy atom. The lowest BCUT2D eigenvalue weighted by Crippen LogP contribution is -2.47. The van der Waals surface area contributed by atoms with E-state index in [1.54, 1.807) is 13.0 Å². The van der Waals surface area contributed by atoms with Crippen LogP contribution in [0.25, 0.3) is 0 Å². The first kappa shape index (κ1) is 15.0. The number of nitrogens with one attached hydrogen (secondary N) is 2. The average molecular weight is 296 g/mol. The van der Waals surface area contributed by atoms with E-state index < -0.39 is 17.4 Å². The minimum Gasteiger partial charge on any atom is -0.383 e. The number of carbonyl (C=O) groups is 2. The fourth-order valence-electron chi connectivity index (χ4n) is 2.33. The molecule has 1 saturated carbocycles. The predicted molar refractivity (Wildman–Crippen MR) is 77.3 cm³/mol. The van der Waals surface area contributed by atoms with Crippen LogP contribution in [0.4, 0.5) is 0 Å². The van der Waals surface area contributed by atoms with Gasteiger partial charge in [-0.05, 0) is 31.2 Å². The standard InChI is InChI=1S/C14H20N2O3S/c1-14(19,11-7-4-8-20-11)9-15-12(17)13(18)16-10-5-2-3-6-10/h4,7-8,10,19H,2-3,5-6,9H2,1H3,(H,15,17)(H,16,18). The molecule has 110 valence electrons. The van der Waals surface area contributed by atoms with Crippen LogP contribution >= 0.6 is 11.3 Å². The first-order valence-electron chi connectivity index (χ1n) is 6.84. The van der Waals surface area contributed by atoms with Gasteiger partial charge in [0.1, 0.15) is 5.60 Å². The highest BCUT2D eigenvalue weighted by molar-refractivity contribution is 7.10. The highest BCUT2D eigenvalue weighted by Crippen LogP contribution is 2.24. The van der Waals surface area contributed by atoms with Gasteiger partial charge in [-0.2, -0.15) is 0 Å². The van der Waals surface area contributed by atoms with E-state index in [9.17, 15) is 14.7 Å². The zero-order chi connectivity index (χ0) is 14.6. The molecule has 20 heavy (non-hydrogen) atoms. The van der Waals surface area contributed by atoms with Gasteiger partial charge in [-0.3, -0.25) is 9.59 Å². The number of hydrogen-bond donors (Lipinski definition) is 3. The molecule has 1 aromatic heterocycles. The molecule has 1 unspecified atom stereocenters. The summed E-state index contributed by atoms with van der Waals surface area (Å²) in [6.07, 6.45) is 4.07. The van der Waals surface area contributed by atoms with E-state index in [1.165, 1.54) is 11.3 Å². The monoisotopic (exact) mass is 296 g/mol. The molecule has 1 aromatic rings. The van der Waals surface area contributed by atoms with Gasteiger partial charge in [-0.15, -0.1) is 11.3 Å². The Morgan fingerprint density at radius 1 is 1.40 bits per heavy atom. The van der Waals surface area contributed by atoms with Crippen molar-refractivity contribution in [1.29, 1.82) is 0 Å². The molecular formula is C14H20N2O3S. The van der Waals surface area contributed by atoms with Gasteiger partial charge in [0.05, 0.1) is 6.54 Å². The highest BCUT2D eigenvalue weighted by Gasteiger charge is 2.27. The van der Waals surface area contributed by atoms with Crippen molar-refractivity contribution < 1.29 is 14.7 Å². The second-order valence-electron chi connectivity index (χ2n) is 5.39. The summed E-state index contributed by atoms with van der Waals surface area (Å²) in [6.45, 7) is 1.64. The third kappa shape index (κ3) is 3.80. The summed E-state index contributed by atoms with van der Waals surface area (Å²) in [6, 6.07) is 3.75. The summed E-state index contributed by atoms with van der Waals surface area (Å²) in [5.41, 5.74) is -1.16. The van der Waals surface area contributed by atoms with Crippen LogP contribution in [0.5, 0.6) is 0 Å². The van der Waals surface area contributed by atoms with E-state index in [2.05, 4.69) is 10.6 Å². The fraction of sp³-hybridized carbons (Fsp3) is 0.571. The molecule has 2 amide bonds. The van der Waals surface area contributed by atoms with Crippen LogP contribution in [0, 0.1) is 0 Å². The van der Waals surface area contributed by atoms with Gasteiger partial charge >= 0.3 is 11.8 Å². The Kier molecular flexibility index (Phi) is 4.77. The number of aliphatic hydroxyl groups is 1. The Morgan fingerprint density at radius 3 is 2.70 bits per heavy atom. The van der Waals surface area contributed by atoms with Crippen LogP contribution in [0.3, 0.4) is 0 Å². The van der Waals surface area contributed by atoms with Gasteiger partial charge in [0, 0.05) is 10.9 Å². The smallest absolute Gasteiger partial charge is 0.309 e. The van der Waals surface area contributed by atoms with Crippen LogP contribution < -0.4 is 10.6 Å². The van der Waals surface area contributed by atoms with E-state index >= 15 is 0 Å². The molecule has 0 spiro atoms. The second-order valence-corrected chi connectivity index (χ2v) is 6.34. The number of rotatable bonds is 4. The van der Waals surface area contributed by atoms with Crippen molar-refractivity contribution in [3.05, 3.63) is 22.4 Å². The minimum absolute atomic E-state index is 0.0183. The van der Waals surface area contributed by atoms with E-state index in [1.807, 2.05) is 11.4 Å². The van der Waals surface area contributed by atoms with Crippen molar-refractivity contribution in [1.82, 2.24) is 10.6 Å². The molecule has 2 rings (SSSR count). The Hall–Kier alpha value is -1.40. The van der Waals surface area contributed by atoms with Gasteiger partial charge in [0.25, 0.3) is 0 Å². The molecular weight excluding hydrogens is 276 g/mol. The SMILES string of the molecule is CC(O)(CNC(=O)C(=O)NC1CCCC1)c1cccs1. The Labute approximate surface area is 122 Å². The van der Waals surface area contributed by atoms with Gasteiger partial charge < -0.3 is 15.7 Å². The summed E-state index contributed by atoms with van der Waals surface area (Å²) >= 11 is 1.41. The molecule has 5 nitrogen and oxygen atoms in total. The molecule has 1 aliphatic carbocycles. The van der Waals surface area contributed by atoms with E-state index in [-0.39, 0.29) is 12.6 Å². The lowest BCUT2D eigenvalue weighted by atomic mass is 10.1. The zero-order valence-electron chi connectivity index (χ0n) is 11.5. The van der Waals surface area contributed by atoms with Crippen LogP contribution in [0.15, 0.2) is 17.5 Å². The topological polar surface area (TPSA) is 78.4 Å². The predicted octanol–water partition coefficient (Wildman–Crippen LogP) is 1.13. The van der Waals surface area contributed by atoms with Crippen LogP contribution in [0.1, 0.15) is 37.5 Å². The number of amides is 2. The first-order valence-corrected chi connectivity index (χ1v) is 7.72. The molecule has 1 heterocycles. The summed E-state index contributed by atoms with van der Waals surface area (Å²) < 4.78 is 0. The van der Waals surface area contributed by atoms with Gasteiger partial charge in [0.2, 0.25) is 0 Å². The fourth-order valence-corrected chi connectivity index (χ4v) is 3.11. The van der Waals surface area contributed by atoms with Crippen molar-refractivity contribution in [2.45, 2.75) is 44.2 Å². The van der Waals surface area contributed by atoms with E-state index in [4.69, 9.17) is 0 Å². The lowest BCUT2D eigenvalue weighted by Gasteiger charge is -2.22. The van der Waals surface area contributed by atoms with Crippen molar-refractivity contribution in [3.8, 4) is 0 Å². The lowest BCUT2D eigenvalue weighted by molar-refractivity contribution is -0.140. The normalized spacial score (nSPS) is 18.5. The molecule has 1 atom stereocenters. The van der Waals surface area contributed by atoms with Crippen LogP contribution in [0.2, 0.25) is 0 Å². The van der Waals surface area contributed by atoms with Crippen LogP contribution in [-0.2, 0) is 15.2 Å². The first-order chi connectivity index (χ1) is 9.49. The second kappa shape index (κ2) is 6.37. The summed E-state index contributed by atoms with van der Waals surface area (Å²) in [5, 5.41) is 17.3. The van der Waals surface area contributed by atoms with Crippen molar-refractivity contribution in [3.63, 3.8) is 0 Å². The summed E-state index contributed by atoms with van der Waals surface area (Å²) in [7, 11) is 0. The molecule has 3 N–H and O–H groups in total. The average Bonchev–Trinajstić information content (AvgIpc) is 3.08. The Balaban J connectivity index is 1.80. The third-order valence-electron chi connectivity index (χ3n) is 3.54. The number of hydrogen-bond acceptors (Lipinski definition) is 4. The van der Waals surface area contributed by atoms with Crippen molar-refractivity contribution in [2.75, 3.05) is 6.54 Å². The van der Waals surface area contributed by atoms with Gasteiger partial charge in [0.15, 0.2) is 0 Å². The van der Waals surface area contributed by atoms with E-state index in [0.717, 1.165) is 30.6 Å². The quantitative estimate of drug-likeness (QED) is 0.729. The minimum atomic E-state index is -1.16. The molecule has 0 radical (unpaired) electrons. The molecule has 0 aliphatic heterocycles. The molecule has 1 aliphatic rings. The van der Waals surface area contributed by atoms with Gasteiger partial charge in [-0.1, -0.05) is 18.9 Å². The molecule has 0 bridgehead atoms. The van der Waals surface area contributed by atoms with Gasteiger partial charge in [-0.25, -0.2) is 0 Å². The van der Waals surface area contributed by atoms with Crippen molar-refractivity contribution in [2.24, 2.45) is 0 Å². The summed E-state index contributed by atoms with van der Waals surface area (Å²) in [4.78, 5) is 24.2. The van der Waals surface area contributed by atoms with Crippen molar-refractivity contribution >= 4 is 23.2 Å². The maximum atomic E-state index is 11.7. The number of carbonyl (C=O) groups excluding carboxylic acids is 2. The largest absolute Gasteiger partial charge is 0.383 e. The molecule has 0 aromatic carbocycles. The maximum absolute atomic E-state index is 11.7. The zero-order valence-corrected chi connectivity index (χ0v) is 12.3. The molecule has 0 saturated heterocycles.